The van der Waals surface area contributed by atoms with E-state index < -0.39 is 17.9 Å². The molecule has 0 spiro atoms. The fraction of sp³-hybridized carbons (Fsp3) is 0.692. The summed E-state index contributed by atoms with van der Waals surface area (Å²) in [5.41, 5.74) is 2.58. The normalized spacial score (nSPS) is 35.0. The van der Waals surface area contributed by atoms with Crippen molar-refractivity contribution in [2.75, 3.05) is 13.2 Å². The van der Waals surface area contributed by atoms with Crippen molar-refractivity contribution in [3.63, 3.8) is 0 Å². The molecule has 0 aromatic heterocycles. The second-order valence-corrected chi connectivity index (χ2v) is 10.0. The van der Waals surface area contributed by atoms with Crippen LogP contribution in [0.3, 0.4) is 0 Å². The van der Waals surface area contributed by atoms with Gasteiger partial charge in [-0.15, -0.1) is 0 Å². The standard InChI is InChI=1S/C26H34F4O2/c1-17-15-31-25(32-16-17)23-12-8-21(9-13-23)19-4-2-18(3-5-19)20-6-10-22(11-7-20)24(27)14-26(28,29)30/h2-5,14,17,20-23,25H,6-13,15-16H2,1H3/b24-14-. The predicted octanol–water partition coefficient (Wildman–Crippen LogP) is 7.66. The van der Waals surface area contributed by atoms with Gasteiger partial charge in [0.2, 0.25) is 0 Å². The van der Waals surface area contributed by atoms with Gasteiger partial charge in [-0.2, -0.15) is 13.2 Å². The van der Waals surface area contributed by atoms with E-state index in [4.69, 9.17) is 9.47 Å². The Bertz CT molecular complexity index is 749. The van der Waals surface area contributed by atoms with E-state index in [0.717, 1.165) is 51.7 Å². The quantitative estimate of drug-likeness (QED) is 0.435. The second kappa shape index (κ2) is 10.3. The first-order valence-corrected chi connectivity index (χ1v) is 12.1. The van der Waals surface area contributed by atoms with Gasteiger partial charge in [-0.1, -0.05) is 31.2 Å². The monoisotopic (exact) mass is 454 g/mol. The van der Waals surface area contributed by atoms with Crippen molar-refractivity contribution in [2.24, 2.45) is 17.8 Å². The molecule has 2 aliphatic carbocycles. The smallest absolute Gasteiger partial charge is 0.352 e. The van der Waals surface area contributed by atoms with Crippen molar-refractivity contribution >= 4 is 0 Å². The molecule has 2 nitrogen and oxygen atoms in total. The highest BCUT2D eigenvalue weighted by molar-refractivity contribution is 5.28. The zero-order chi connectivity index (χ0) is 22.7. The fourth-order valence-corrected chi connectivity index (χ4v) is 5.63. The van der Waals surface area contributed by atoms with Crippen LogP contribution >= 0.6 is 0 Å². The average molecular weight is 455 g/mol. The van der Waals surface area contributed by atoms with E-state index in [0.29, 0.717) is 36.5 Å². The van der Waals surface area contributed by atoms with Crippen LogP contribution in [0.15, 0.2) is 36.2 Å². The Kier molecular flexibility index (Phi) is 7.61. The van der Waals surface area contributed by atoms with E-state index in [1.807, 2.05) is 0 Å². The summed E-state index contributed by atoms with van der Waals surface area (Å²) in [6.45, 7) is 3.73. The van der Waals surface area contributed by atoms with Crippen molar-refractivity contribution in [2.45, 2.75) is 82.6 Å². The zero-order valence-electron chi connectivity index (χ0n) is 18.8. The molecule has 0 atom stereocenters. The number of halogens is 4. The number of hydrogen-bond donors (Lipinski definition) is 0. The van der Waals surface area contributed by atoms with Crippen molar-refractivity contribution < 1.29 is 27.0 Å². The molecule has 3 aliphatic rings. The molecule has 178 valence electrons. The van der Waals surface area contributed by atoms with Gasteiger partial charge >= 0.3 is 6.18 Å². The third-order valence-electron chi connectivity index (χ3n) is 7.54. The summed E-state index contributed by atoms with van der Waals surface area (Å²) in [6.07, 6.45) is 2.12. The van der Waals surface area contributed by atoms with Gasteiger partial charge in [0.15, 0.2) is 6.29 Å². The molecule has 0 N–H and O–H groups in total. The lowest BCUT2D eigenvalue weighted by Gasteiger charge is -2.37. The van der Waals surface area contributed by atoms with Crippen LogP contribution in [0.25, 0.3) is 0 Å². The van der Waals surface area contributed by atoms with Crippen LogP contribution in [0.5, 0.6) is 0 Å². The molecule has 1 heterocycles. The summed E-state index contributed by atoms with van der Waals surface area (Å²) < 4.78 is 62.8. The van der Waals surface area contributed by atoms with Gasteiger partial charge in [0.1, 0.15) is 5.83 Å². The van der Waals surface area contributed by atoms with E-state index in [9.17, 15) is 17.6 Å². The third kappa shape index (κ3) is 6.13. The van der Waals surface area contributed by atoms with E-state index in [-0.39, 0.29) is 12.4 Å². The molecule has 1 aromatic rings. The Morgan fingerprint density at radius 1 is 0.812 bits per heavy atom. The lowest BCUT2D eigenvalue weighted by atomic mass is 9.76. The molecule has 6 heteroatoms. The molecule has 0 radical (unpaired) electrons. The SMILES string of the molecule is CC1COC(C2CCC(c3ccc(C4CCC(/C(F)=C/C(F)(F)F)CC4)cc3)CC2)OC1. The summed E-state index contributed by atoms with van der Waals surface area (Å²) >= 11 is 0. The van der Waals surface area contributed by atoms with Crippen molar-refractivity contribution in [1.82, 2.24) is 0 Å². The summed E-state index contributed by atoms with van der Waals surface area (Å²) in [5.74, 6) is 0.215. The maximum Gasteiger partial charge on any atom is 0.412 e. The van der Waals surface area contributed by atoms with Crippen molar-refractivity contribution in [3.8, 4) is 0 Å². The third-order valence-corrected chi connectivity index (χ3v) is 7.54. The minimum Gasteiger partial charge on any atom is -0.352 e. The lowest BCUT2D eigenvalue weighted by molar-refractivity contribution is -0.226. The number of ether oxygens (including phenoxy) is 2. The maximum atomic E-state index is 13.9. The van der Waals surface area contributed by atoms with Crippen molar-refractivity contribution in [3.05, 3.63) is 47.3 Å². The number of hydrogen-bond acceptors (Lipinski definition) is 2. The molecule has 0 unspecified atom stereocenters. The maximum absolute atomic E-state index is 13.9. The number of benzene rings is 1. The molecule has 2 saturated carbocycles. The van der Waals surface area contributed by atoms with Crippen LogP contribution in [-0.2, 0) is 9.47 Å². The van der Waals surface area contributed by atoms with Crippen LogP contribution in [0.1, 0.15) is 81.3 Å². The molecular formula is C26H34F4O2. The first kappa shape index (κ1) is 23.7. The Hall–Kier alpha value is -1.40. The first-order valence-electron chi connectivity index (χ1n) is 12.1. The summed E-state index contributed by atoms with van der Waals surface area (Å²) in [7, 11) is 0. The van der Waals surface area contributed by atoms with Crippen LogP contribution in [-0.4, -0.2) is 25.7 Å². The molecule has 32 heavy (non-hydrogen) atoms. The van der Waals surface area contributed by atoms with E-state index in [1.165, 1.54) is 11.1 Å². The molecule has 0 amide bonds. The highest BCUT2D eigenvalue weighted by Gasteiger charge is 2.33. The van der Waals surface area contributed by atoms with Gasteiger partial charge in [0.05, 0.1) is 19.3 Å². The Labute approximate surface area is 188 Å². The fourth-order valence-electron chi connectivity index (χ4n) is 5.63. The minimum atomic E-state index is -4.58. The largest absolute Gasteiger partial charge is 0.412 e. The van der Waals surface area contributed by atoms with Gasteiger partial charge in [0, 0.05) is 17.8 Å². The Balaban J connectivity index is 1.26. The Morgan fingerprint density at radius 3 is 1.75 bits per heavy atom. The minimum absolute atomic E-state index is 0.0412. The number of rotatable bonds is 4. The molecule has 1 aromatic carbocycles. The molecule has 1 aliphatic heterocycles. The van der Waals surface area contributed by atoms with Crippen LogP contribution in [0.2, 0.25) is 0 Å². The number of alkyl halides is 3. The first-order chi connectivity index (χ1) is 15.3. The topological polar surface area (TPSA) is 18.5 Å². The summed E-state index contributed by atoms with van der Waals surface area (Å²) in [5, 5.41) is 0. The van der Waals surface area contributed by atoms with Crippen LogP contribution in [0, 0.1) is 17.8 Å². The van der Waals surface area contributed by atoms with Gasteiger partial charge in [-0.05, 0) is 74.3 Å². The lowest BCUT2D eigenvalue weighted by Crippen LogP contribution is -2.37. The second-order valence-electron chi connectivity index (χ2n) is 10.0. The van der Waals surface area contributed by atoms with Gasteiger partial charge < -0.3 is 9.47 Å². The van der Waals surface area contributed by atoms with E-state index >= 15 is 0 Å². The predicted molar refractivity (Wildman–Crippen MR) is 116 cm³/mol. The van der Waals surface area contributed by atoms with Crippen LogP contribution in [0.4, 0.5) is 17.6 Å². The molecule has 0 bridgehead atoms. The zero-order valence-corrected chi connectivity index (χ0v) is 18.8. The molecular weight excluding hydrogens is 420 g/mol. The van der Waals surface area contributed by atoms with Gasteiger partial charge in [-0.3, -0.25) is 0 Å². The highest BCUT2D eigenvalue weighted by Crippen LogP contribution is 2.42. The molecule has 1 saturated heterocycles. The summed E-state index contributed by atoms with van der Waals surface area (Å²) in [6, 6.07) is 8.77. The van der Waals surface area contributed by atoms with Crippen LogP contribution < -0.4 is 0 Å². The summed E-state index contributed by atoms with van der Waals surface area (Å²) in [4.78, 5) is 0. The van der Waals surface area contributed by atoms with Gasteiger partial charge in [0.25, 0.3) is 0 Å². The Morgan fingerprint density at radius 2 is 1.28 bits per heavy atom. The molecule has 3 fully saturated rings. The van der Waals surface area contributed by atoms with Gasteiger partial charge in [-0.25, -0.2) is 4.39 Å². The molecule has 4 rings (SSSR count). The van der Waals surface area contributed by atoms with E-state index in [1.54, 1.807) is 0 Å². The number of allylic oxidation sites excluding steroid dienone is 2. The highest BCUT2D eigenvalue weighted by atomic mass is 19.4. The van der Waals surface area contributed by atoms with Crippen molar-refractivity contribution in [1.29, 1.82) is 0 Å². The van der Waals surface area contributed by atoms with E-state index in [2.05, 4.69) is 31.2 Å². The average Bonchev–Trinajstić information content (AvgIpc) is 2.79.